The Bertz CT molecular complexity index is 331. The Morgan fingerprint density at radius 2 is 1.83 bits per heavy atom. The lowest BCUT2D eigenvalue weighted by Gasteiger charge is -1.96. The molecule has 0 heterocycles. The van der Waals surface area contributed by atoms with Crippen molar-refractivity contribution in [3.63, 3.8) is 0 Å². The van der Waals surface area contributed by atoms with Crippen LogP contribution in [0.3, 0.4) is 0 Å². The molecule has 0 bridgehead atoms. The third-order valence-electron chi connectivity index (χ3n) is 1.44. The number of hydrogen-bond acceptors (Lipinski definition) is 2. The second-order valence-electron chi connectivity index (χ2n) is 2.37. The molecule has 1 aromatic rings. The summed E-state index contributed by atoms with van der Waals surface area (Å²) in [6, 6.07) is 5.42. The molecule has 0 amide bonds. The fraction of sp³-hybridized carbons (Fsp3) is 0.111. The van der Waals surface area contributed by atoms with Crippen LogP contribution >= 0.6 is 0 Å². The van der Waals surface area contributed by atoms with Gasteiger partial charge in [0.05, 0.1) is 5.56 Å². The minimum atomic E-state index is -0.784. The van der Waals surface area contributed by atoms with Gasteiger partial charge in [-0.05, 0) is 12.1 Å². The zero-order chi connectivity index (χ0) is 9.14. The summed E-state index contributed by atoms with van der Waals surface area (Å²) in [5, 5.41) is 0. The van der Waals surface area contributed by atoms with Gasteiger partial charge in [0.1, 0.15) is 5.82 Å². The van der Waals surface area contributed by atoms with Crippen LogP contribution in [-0.4, -0.2) is 11.6 Å². The molecule has 0 unspecified atom stereocenters. The summed E-state index contributed by atoms with van der Waals surface area (Å²) in [5.41, 5.74) is -0.162. The number of benzene rings is 1. The van der Waals surface area contributed by atoms with Crippen LogP contribution in [0.2, 0.25) is 0 Å². The summed E-state index contributed by atoms with van der Waals surface area (Å²) in [7, 11) is 0. The largest absolute Gasteiger partial charge is 0.291 e. The van der Waals surface area contributed by atoms with Crippen molar-refractivity contribution in [1.82, 2.24) is 0 Å². The lowest BCUT2D eigenvalue weighted by molar-refractivity contribution is -0.113. The molecule has 1 aromatic carbocycles. The highest BCUT2D eigenvalue weighted by Gasteiger charge is 2.14. The van der Waals surface area contributed by atoms with Gasteiger partial charge in [-0.15, -0.1) is 0 Å². The highest BCUT2D eigenvalue weighted by atomic mass is 19.1. The molecule has 0 aliphatic carbocycles. The normalized spacial score (nSPS) is 9.50. The predicted molar refractivity (Wildman–Crippen MR) is 41.4 cm³/mol. The van der Waals surface area contributed by atoms with Crippen molar-refractivity contribution < 1.29 is 14.0 Å². The maximum absolute atomic E-state index is 12.8. The number of rotatable bonds is 2. The van der Waals surface area contributed by atoms with E-state index in [4.69, 9.17) is 0 Å². The molecule has 0 fully saturated rings. The molecule has 0 spiro atoms. The summed E-state index contributed by atoms with van der Waals surface area (Å²) >= 11 is 0. The number of carbonyl (C=O) groups excluding carboxylic acids is 2. The van der Waals surface area contributed by atoms with Gasteiger partial charge in [-0.1, -0.05) is 12.1 Å². The number of carbonyl (C=O) groups is 2. The first-order chi connectivity index (χ1) is 5.63. The van der Waals surface area contributed by atoms with E-state index in [2.05, 4.69) is 0 Å². The molecule has 3 heteroatoms. The Labute approximate surface area is 69.0 Å². The van der Waals surface area contributed by atoms with Crippen molar-refractivity contribution in [3.05, 3.63) is 35.6 Å². The quantitative estimate of drug-likeness (QED) is 0.494. The van der Waals surface area contributed by atoms with Crippen molar-refractivity contribution >= 4 is 11.6 Å². The smallest absolute Gasteiger partial charge is 0.231 e. The van der Waals surface area contributed by atoms with Gasteiger partial charge in [0.2, 0.25) is 5.78 Å². The Morgan fingerprint density at radius 3 is 2.33 bits per heavy atom. The van der Waals surface area contributed by atoms with E-state index in [1.807, 2.05) is 0 Å². The first kappa shape index (κ1) is 8.59. The van der Waals surface area contributed by atoms with Crippen molar-refractivity contribution in [2.45, 2.75) is 6.92 Å². The lowest BCUT2D eigenvalue weighted by atomic mass is 10.1. The van der Waals surface area contributed by atoms with Crippen LogP contribution in [0.25, 0.3) is 0 Å². The lowest BCUT2D eigenvalue weighted by Crippen LogP contribution is -2.11. The minimum Gasteiger partial charge on any atom is -0.291 e. The topological polar surface area (TPSA) is 34.1 Å². The van der Waals surface area contributed by atoms with Gasteiger partial charge in [-0.25, -0.2) is 4.39 Å². The Morgan fingerprint density at radius 1 is 1.25 bits per heavy atom. The first-order valence-electron chi connectivity index (χ1n) is 3.42. The fourth-order valence-corrected chi connectivity index (χ4v) is 0.835. The van der Waals surface area contributed by atoms with E-state index in [0.717, 1.165) is 13.0 Å². The summed E-state index contributed by atoms with van der Waals surface area (Å²) in [4.78, 5) is 21.6. The maximum atomic E-state index is 12.8. The number of Topliss-reactive ketones (excluding diaryl/α,β-unsaturated/α-hetero) is 2. The molecule has 0 aromatic heterocycles. The molecule has 0 radical (unpaired) electrons. The van der Waals surface area contributed by atoms with E-state index in [9.17, 15) is 14.0 Å². The van der Waals surface area contributed by atoms with Crippen LogP contribution in [-0.2, 0) is 4.79 Å². The Hall–Kier alpha value is -1.51. The van der Waals surface area contributed by atoms with Crippen LogP contribution < -0.4 is 0 Å². The molecule has 0 N–H and O–H groups in total. The second kappa shape index (κ2) is 3.26. The van der Waals surface area contributed by atoms with Gasteiger partial charge < -0.3 is 0 Å². The number of hydrogen-bond donors (Lipinski definition) is 0. The van der Waals surface area contributed by atoms with Crippen LogP contribution in [0.5, 0.6) is 0 Å². The minimum absolute atomic E-state index is 0.162. The highest BCUT2D eigenvalue weighted by Crippen LogP contribution is 2.07. The molecule has 62 valence electrons. The van der Waals surface area contributed by atoms with Crippen molar-refractivity contribution in [1.29, 1.82) is 0 Å². The summed E-state index contributed by atoms with van der Waals surface area (Å²) < 4.78 is 12.8. The summed E-state index contributed by atoms with van der Waals surface area (Å²) in [6.07, 6.45) is 0. The molecule has 0 saturated carbocycles. The van der Waals surface area contributed by atoms with Gasteiger partial charge in [0.25, 0.3) is 0 Å². The first-order valence-corrected chi connectivity index (χ1v) is 3.42. The van der Waals surface area contributed by atoms with Crippen LogP contribution in [0.1, 0.15) is 17.3 Å². The predicted octanol–water partition coefficient (Wildman–Crippen LogP) is 1.60. The zero-order valence-corrected chi connectivity index (χ0v) is 6.50. The van der Waals surface area contributed by atoms with E-state index < -0.39 is 17.4 Å². The van der Waals surface area contributed by atoms with E-state index in [-0.39, 0.29) is 5.56 Å². The molecule has 0 aliphatic heterocycles. The summed E-state index contributed by atoms with van der Waals surface area (Å²) in [5.74, 6) is -2.09. The molecule has 0 atom stereocenters. The molecule has 2 nitrogen and oxygen atoms in total. The van der Waals surface area contributed by atoms with Crippen LogP contribution in [0.15, 0.2) is 24.3 Å². The molecular formula is C9H7FO2. The van der Waals surface area contributed by atoms with Crippen LogP contribution in [0.4, 0.5) is 4.39 Å². The molecule has 12 heavy (non-hydrogen) atoms. The van der Waals surface area contributed by atoms with Crippen LogP contribution in [0, 0.1) is 5.82 Å². The SMILES string of the molecule is CC(=O)C(=O)c1ccccc1F. The van der Waals surface area contributed by atoms with E-state index in [1.165, 1.54) is 18.2 Å². The van der Waals surface area contributed by atoms with E-state index in [0.29, 0.717) is 0 Å². The fourth-order valence-electron chi connectivity index (χ4n) is 0.835. The molecule has 1 rings (SSSR count). The summed E-state index contributed by atoms with van der Waals surface area (Å²) in [6.45, 7) is 1.12. The molecule has 0 saturated heterocycles. The molecule has 0 aliphatic rings. The van der Waals surface area contributed by atoms with Gasteiger partial charge in [-0.2, -0.15) is 0 Å². The third-order valence-corrected chi connectivity index (χ3v) is 1.44. The standard InChI is InChI=1S/C9H7FO2/c1-6(11)9(12)7-4-2-3-5-8(7)10/h2-5H,1H3. The average molecular weight is 166 g/mol. The number of ketones is 2. The van der Waals surface area contributed by atoms with E-state index >= 15 is 0 Å². The van der Waals surface area contributed by atoms with Crippen molar-refractivity contribution in [2.24, 2.45) is 0 Å². The Balaban J connectivity index is 3.11. The van der Waals surface area contributed by atoms with Gasteiger partial charge in [0.15, 0.2) is 5.78 Å². The van der Waals surface area contributed by atoms with Crippen molar-refractivity contribution in [3.8, 4) is 0 Å². The molecular weight excluding hydrogens is 159 g/mol. The Kier molecular flexibility index (Phi) is 2.33. The van der Waals surface area contributed by atoms with Crippen molar-refractivity contribution in [2.75, 3.05) is 0 Å². The van der Waals surface area contributed by atoms with Gasteiger partial charge in [-0.3, -0.25) is 9.59 Å². The van der Waals surface area contributed by atoms with Gasteiger partial charge >= 0.3 is 0 Å². The highest BCUT2D eigenvalue weighted by molar-refractivity contribution is 6.42. The maximum Gasteiger partial charge on any atom is 0.231 e. The monoisotopic (exact) mass is 166 g/mol. The third kappa shape index (κ3) is 1.56. The number of halogens is 1. The van der Waals surface area contributed by atoms with E-state index in [1.54, 1.807) is 0 Å². The average Bonchev–Trinajstić information content (AvgIpc) is 2.04. The second-order valence-corrected chi connectivity index (χ2v) is 2.37. The zero-order valence-electron chi connectivity index (χ0n) is 6.50. The van der Waals surface area contributed by atoms with Gasteiger partial charge in [0, 0.05) is 6.92 Å².